The van der Waals surface area contributed by atoms with Gasteiger partial charge >= 0.3 is 0 Å². The number of anilines is 1. The van der Waals surface area contributed by atoms with Gasteiger partial charge in [-0.3, -0.25) is 14.9 Å². The number of nitrogens with zero attached hydrogens (tertiary/aromatic N) is 2. The molecule has 1 amide bonds. The fraction of sp³-hybridized carbons (Fsp3) is 0.333. The molecule has 0 aliphatic rings. The smallest absolute Gasteiger partial charge is 0.276 e. The normalized spacial score (nSPS) is 9.76. The molecule has 0 saturated carbocycles. The lowest BCUT2D eigenvalue weighted by molar-refractivity contribution is -0.384. The maximum Gasteiger partial charge on any atom is 0.276 e. The zero-order valence-corrected chi connectivity index (χ0v) is 9.82. The molecule has 7 nitrogen and oxygen atoms in total. The first-order valence-electron chi connectivity index (χ1n) is 4.79. The molecular formula is C9H11ClN4O3. The summed E-state index contributed by atoms with van der Waals surface area (Å²) in [5.41, 5.74) is -0.146. The number of carbonyl (C=O) groups is 1. The van der Waals surface area contributed by atoms with Crippen LogP contribution in [0, 0.1) is 10.1 Å². The van der Waals surface area contributed by atoms with E-state index >= 15 is 0 Å². The molecule has 8 heteroatoms. The van der Waals surface area contributed by atoms with Gasteiger partial charge in [0.2, 0.25) is 5.91 Å². The van der Waals surface area contributed by atoms with Crippen LogP contribution in [0.1, 0.15) is 6.42 Å². The van der Waals surface area contributed by atoms with E-state index < -0.39 is 4.92 Å². The highest BCUT2D eigenvalue weighted by Crippen LogP contribution is 2.20. The van der Waals surface area contributed by atoms with Crippen LogP contribution in [-0.4, -0.2) is 29.4 Å². The number of hydrogen-bond donors (Lipinski definition) is 2. The van der Waals surface area contributed by atoms with Crippen molar-refractivity contribution in [3.8, 4) is 0 Å². The molecule has 0 saturated heterocycles. The second kappa shape index (κ2) is 6.00. The molecule has 0 atom stereocenters. The lowest BCUT2D eigenvalue weighted by atomic mass is 10.3. The highest BCUT2D eigenvalue weighted by molar-refractivity contribution is 6.29. The van der Waals surface area contributed by atoms with Crippen molar-refractivity contribution in [2.75, 3.05) is 18.9 Å². The molecule has 17 heavy (non-hydrogen) atoms. The molecule has 0 bridgehead atoms. The molecule has 92 valence electrons. The zero-order valence-electron chi connectivity index (χ0n) is 9.07. The minimum atomic E-state index is -0.558. The van der Waals surface area contributed by atoms with E-state index in [4.69, 9.17) is 11.6 Å². The van der Waals surface area contributed by atoms with Crippen molar-refractivity contribution in [3.63, 3.8) is 0 Å². The SMILES string of the molecule is CNC(=O)CCNc1cc([N+](=O)[O-])cc(Cl)n1. The predicted molar refractivity (Wildman–Crippen MR) is 63.1 cm³/mol. The molecule has 0 aliphatic heterocycles. The predicted octanol–water partition coefficient (Wildman–Crippen LogP) is 1.19. The Morgan fingerprint density at radius 2 is 2.29 bits per heavy atom. The number of rotatable bonds is 5. The fourth-order valence-corrected chi connectivity index (χ4v) is 1.31. The van der Waals surface area contributed by atoms with Crippen molar-refractivity contribution in [1.29, 1.82) is 0 Å². The van der Waals surface area contributed by atoms with E-state index in [9.17, 15) is 14.9 Å². The van der Waals surface area contributed by atoms with Crippen LogP contribution < -0.4 is 10.6 Å². The molecule has 0 aromatic carbocycles. The molecule has 2 N–H and O–H groups in total. The first-order chi connectivity index (χ1) is 8.02. The summed E-state index contributed by atoms with van der Waals surface area (Å²) >= 11 is 5.63. The highest BCUT2D eigenvalue weighted by atomic mass is 35.5. The largest absolute Gasteiger partial charge is 0.369 e. The molecular weight excluding hydrogens is 248 g/mol. The number of nitrogens with one attached hydrogen (secondary N) is 2. The summed E-state index contributed by atoms with van der Waals surface area (Å²) in [7, 11) is 1.53. The molecule has 1 aromatic heterocycles. The lowest BCUT2D eigenvalue weighted by Gasteiger charge is -2.05. The van der Waals surface area contributed by atoms with Gasteiger partial charge in [0.1, 0.15) is 11.0 Å². The molecule has 0 radical (unpaired) electrons. The number of nitro groups is 1. The summed E-state index contributed by atoms with van der Waals surface area (Å²) < 4.78 is 0. The van der Waals surface area contributed by atoms with E-state index in [1.807, 2.05) is 0 Å². The van der Waals surface area contributed by atoms with Crippen molar-refractivity contribution in [1.82, 2.24) is 10.3 Å². The Bertz CT molecular complexity index is 438. The number of pyridine rings is 1. The van der Waals surface area contributed by atoms with E-state index in [1.54, 1.807) is 0 Å². The first kappa shape index (κ1) is 13.2. The van der Waals surface area contributed by atoms with Crippen LogP contribution in [-0.2, 0) is 4.79 Å². The third-order valence-electron chi connectivity index (χ3n) is 1.93. The van der Waals surface area contributed by atoms with Gasteiger partial charge in [-0.25, -0.2) is 4.98 Å². The number of hydrogen-bond acceptors (Lipinski definition) is 5. The Balaban J connectivity index is 2.65. The monoisotopic (exact) mass is 258 g/mol. The van der Waals surface area contributed by atoms with Gasteiger partial charge in [0.25, 0.3) is 5.69 Å². The van der Waals surface area contributed by atoms with E-state index in [0.29, 0.717) is 6.54 Å². The minimum absolute atomic E-state index is 0.0293. The van der Waals surface area contributed by atoms with Crippen LogP contribution in [0.2, 0.25) is 5.15 Å². The van der Waals surface area contributed by atoms with Crippen molar-refractivity contribution in [2.45, 2.75) is 6.42 Å². The van der Waals surface area contributed by atoms with Crippen LogP contribution >= 0.6 is 11.6 Å². The molecule has 0 aliphatic carbocycles. The van der Waals surface area contributed by atoms with Gasteiger partial charge in [-0.2, -0.15) is 0 Å². The van der Waals surface area contributed by atoms with E-state index in [2.05, 4.69) is 15.6 Å². The maximum absolute atomic E-state index is 10.9. The number of amides is 1. The van der Waals surface area contributed by atoms with Crippen LogP contribution in [0.15, 0.2) is 12.1 Å². The zero-order chi connectivity index (χ0) is 12.8. The Hall–Kier alpha value is -1.89. The van der Waals surface area contributed by atoms with Crippen molar-refractivity contribution < 1.29 is 9.72 Å². The fourth-order valence-electron chi connectivity index (χ4n) is 1.11. The summed E-state index contributed by atoms with van der Waals surface area (Å²) in [5, 5.41) is 15.8. The molecule has 0 unspecified atom stereocenters. The Kier molecular flexibility index (Phi) is 4.65. The second-order valence-corrected chi connectivity index (χ2v) is 3.53. The molecule has 0 fully saturated rings. The van der Waals surface area contributed by atoms with E-state index in [0.717, 1.165) is 6.07 Å². The highest BCUT2D eigenvalue weighted by Gasteiger charge is 2.10. The summed E-state index contributed by atoms with van der Waals surface area (Å²) in [6.07, 6.45) is 0.249. The lowest BCUT2D eigenvalue weighted by Crippen LogP contribution is -2.21. The van der Waals surface area contributed by atoms with Crippen molar-refractivity contribution >= 4 is 29.0 Å². The van der Waals surface area contributed by atoms with Crippen molar-refractivity contribution in [2.24, 2.45) is 0 Å². The summed E-state index contributed by atoms with van der Waals surface area (Å²) in [5.74, 6) is 0.141. The Morgan fingerprint density at radius 3 is 2.88 bits per heavy atom. The standard InChI is InChI=1S/C9H11ClN4O3/c1-11-9(15)2-3-12-8-5-6(14(16)17)4-7(10)13-8/h4-5H,2-3H2,1H3,(H,11,15)(H,12,13). The number of aromatic nitrogens is 1. The Morgan fingerprint density at radius 1 is 1.59 bits per heavy atom. The summed E-state index contributed by atoms with van der Waals surface area (Å²) in [6.45, 7) is 0.324. The van der Waals surface area contributed by atoms with Crippen LogP contribution in [0.25, 0.3) is 0 Å². The van der Waals surface area contributed by atoms with Gasteiger partial charge in [-0.1, -0.05) is 11.6 Å². The van der Waals surface area contributed by atoms with Gasteiger partial charge in [0.05, 0.1) is 17.1 Å². The van der Waals surface area contributed by atoms with E-state index in [1.165, 1.54) is 13.1 Å². The number of halogens is 1. The van der Waals surface area contributed by atoms with Gasteiger partial charge in [-0.05, 0) is 0 Å². The third kappa shape index (κ3) is 4.23. The topological polar surface area (TPSA) is 97.2 Å². The maximum atomic E-state index is 10.9. The minimum Gasteiger partial charge on any atom is -0.369 e. The molecule has 1 heterocycles. The molecule has 1 aromatic rings. The quantitative estimate of drug-likeness (QED) is 0.470. The van der Waals surface area contributed by atoms with Crippen LogP contribution in [0.3, 0.4) is 0 Å². The van der Waals surface area contributed by atoms with Crippen LogP contribution in [0.5, 0.6) is 0 Å². The van der Waals surface area contributed by atoms with Gasteiger partial charge < -0.3 is 10.6 Å². The van der Waals surface area contributed by atoms with E-state index in [-0.39, 0.29) is 29.0 Å². The summed E-state index contributed by atoms with van der Waals surface area (Å²) in [6, 6.07) is 2.42. The van der Waals surface area contributed by atoms with Crippen LogP contribution in [0.4, 0.5) is 11.5 Å². The van der Waals surface area contributed by atoms with Gasteiger partial charge in [0, 0.05) is 20.0 Å². The summed E-state index contributed by atoms with van der Waals surface area (Å²) in [4.78, 5) is 24.8. The Labute approximate surface area is 102 Å². The molecule has 1 rings (SSSR count). The third-order valence-corrected chi connectivity index (χ3v) is 2.12. The average molecular weight is 259 g/mol. The van der Waals surface area contributed by atoms with Gasteiger partial charge in [0.15, 0.2) is 0 Å². The first-order valence-corrected chi connectivity index (χ1v) is 5.17. The van der Waals surface area contributed by atoms with Gasteiger partial charge in [-0.15, -0.1) is 0 Å². The average Bonchev–Trinajstić information content (AvgIpc) is 2.28. The second-order valence-electron chi connectivity index (χ2n) is 3.14. The number of carbonyl (C=O) groups excluding carboxylic acids is 1. The van der Waals surface area contributed by atoms with Crippen molar-refractivity contribution in [3.05, 3.63) is 27.4 Å². The molecule has 0 spiro atoms.